The molecule has 27 heavy (non-hydrogen) atoms. The van der Waals surface area contributed by atoms with Crippen LogP contribution in [-0.2, 0) is 6.18 Å². The topological polar surface area (TPSA) is 42.0 Å². The summed E-state index contributed by atoms with van der Waals surface area (Å²) in [5, 5.41) is 3.34. The van der Waals surface area contributed by atoms with Gasteiger partial charge in [-0.1, -0.05) is 35.9 Å². The van der Waals surface area contributed by atoms with E-state index in [1.165, 1.54) is 6.92 Å². The van der Waals surface area contributed by atoms with Gasteiger partial charge in [-0.2, -0.15) is 13.2 Å². The van der Waals surface area contributed by atoms with E-state index in [4.69, 9.17) is 11.6 Å². The summed E-state index contributed by atoms with van der Waals surface area (Å²) in [6, 6.07) is 12.2. The molecule has 3 nitrogen and oxygen atoms in total. The van der Waals surface area contributed by atoms with Crippen LogP contribution in [-0.4, -0.2) is 10.9 Å². The molecule has 0 saturated heterocycles. The van der Waals surface area contributed by atoms with Crippen molar-refractivity contribution < 1.29 is 18.0 Å². The van der Waals surface area contributed by atoms with Crippen molar-refractivity contribution in [2.75, 3.05) is 5.32 Å². The molecule has 3 aromatic rings. The van der Waals surface area contributed by atoms with Gasteiger partial charge in [0.2, 0.25) is 0 Å². The number of amides is 1. The highest BCUT2D eigenvalue weighted by molar-refractivity contribution is 7.13. The zero-order valence-corrected chi connectivity index (χ0v) is 15.9. The molecule has 0 unspecified atom stereocenters. The molecule has 0 saturated carbocycles. The summed E-state index contributed by atoms with van der Waals surface area (Å²) in [6.07, 6.45) is -4.69. The first-order valence-corrected chi connectivity index (χ1v) is 9.08. The van der Waals surface area contributed by atoms with Crippen LogP contribution in [0, 0.1) is 13.8 Å². The Hall–Kier alpha value is -2.38. The minimum atomic E-state index is -4.69. The number of halogens is 4. The van der Waals surface area contributed by atoms with Crippen molar-refractivity contribution in [2.45, 2.75) is 20.0 Å². The number of hydrogen-bond acceptors (Lipinski definition) is 3. The largest absolute Gasteiger partial charge is 0.435 e. The molecule has 0 aliphatic heterocycles. The minimum absolute atomic E-state index is 0.175. The van der Waals surface area contributed by atoms with Crippen molar-refractivity contribution >= 4 is 34.5 Å². The SMILES string of the molecule is Cc1nc(C(F)(F)F)c(C(=O)Nc2ccccc2-c2ccc(Cl)cc2C)s1. The normalized spacial score (nSPS) is 11.5. The maximum atomic E-state index is 13.1. The van der Waals surface area contributed by atoms with Crippen molar-refractivity contribution in [3.05, 3.63) is 68.6 Å². The van der Waals surface area contributed by atoms with Crippen LogP contribution in [0.25, 0.3) is 11.1 Å². The molecule has 1 amide bonds. The predicted octanol–water partition coefficient (Wildman–Crippen LogP) is 6.35. The van der Waals surface area contributed by atoms with E-state index in [2.05, 4.69) is 10.3 Å². The lowest BCUT2D eigenvalue weighted by Gasteiger charge is -2.14. The highest BCUT2D eigenvalue weighted by Crippen LogP contribution is 2.36. The van der Waals surface area contributed by atoms with Gasteiger partial charge in [-0.25, -0.2) is 4.98 Å². The van der Waals surface area contributed by atoms with Crippen LogP contribution in [0.5, 0.6) is 0 Å². The van der Waals surface area contributed by atoms with Gasteiger partial charge in [-0.3, -0.25) is 4.79 Å². The molecule has 0 fully saturated rings. The van der Waals surface area contributed by atoms with Crippen LogP contribution in [0.3, 0.4) is 0 Å². The number of thiazole rings is 1. The first kappa shape index (κ1) is 19.4. The number of nitrogens with one attached hydrogen (secondary N) is 1. The molecule has 1 heterocycles. The molecular formula is C19H14ClF3N2OS. The molecule has 0 spiro atoms. The van der Waals surface area contributed by atoms with Gasteiger partial charge in [-0.15, -0.1) is 11.3 Å². The quantitative estimate of drug-likeness (QED) is 0.546. The van der Waals surface area contributed by atoms with Crippen LogP contribution in [0.1, 0.15) is 25.9 Å². The summed E-state index contributed by atoms with van der Waals surface area (Å²) < 4.78 is 39.4. The number of carbonyl (C=O) groups excluding carboxylic acids is 1. The van der Waals surface area contributed by atoms with Crippen LogP contribution < -0.4 is 5.32 Å². The van der Waals surface area contributed by atoms with Gasteiger partial charge < -0.3 is 5.32 Å². The third kappa shape index (κ3) is 4.14. The summed E-state index contributed by atoms with van der Waals surface area (Å²) in [6.45, 7) is 3.30. The number of aromatic nitrogens is 1. The second-order valence-corrected chi connectivity index (χ2v) is 7.51. The molecule has 140 valence electrons. The first-order valence-electron chi connectivity index (χ1n) is 7.88. The number of anilines is 1. The highest BCUT2D eigenvalue weighted by Gasteiger charge is 2.39. The van der Waals surface area contributed by atoms with E-state index in [1.54, 1.807) is 42.5 Å². The summed E-state index contributed by atoms with van der Waals surface area (Å²) in [5.74, 6) is -0.841. The fourth-order valence-corrected chi connectivity index (χ4v) is 3.77. The summed E-state index contributed by atoms with van der Waals surface area (Å²) in [7, 11) is 0. The fourth-order valence-electron chi connectivity index (χ4n) is 2.71. The lowest BCUT2D eigenvalue weighted by atomic mass is 9.99. The Balaban J connectivity index is 2.00. The van der Waals surface area contributed by atoms with Crippen molar-refractivity contribution in [1.29, 1.82) is 0 Å². The molecular weight excluding hydrogens is 397 g/mol. The minimum Gasteiger partial charge on any atom is -0.321 e. The highest BCUT2D eigenvalue weighted by atomic mass is 35.5. The second kappa shape index (κ2) is 7.32. The first-order chi connectivity index (χ1) is 12.7. The van der Waals surface area contributed by atoms with Gasteiger partial charge in [0.15, 0.2) is 5.69 Å². The Morgan fingerprint density at radius 3 is 2.48 bits per heavy atom. The summed E-state index contributed by atoms with van der Waals surface area (Å²) >= 11 is 6.70. The Kier molecular flexibility index (Phi) is 5.26. The van der Waals surface area contributed by atoms with Crippen LogP contribution >= 0.6 is 22.9 Å². The molecule has 1 N–H and O–H groups in total. The van der Waals surface area contributed by atoms with Gasteiger partial charge in [0.05, 0.1) is 5.01 Å². The molecule has 8 heteroatoms. The number of para-hydroxylation sites is 1. The zero-order valence-electron chi connectivity index (χ0n) is 14.3. The van der Waals surface area contributed by atoms with Gasteiger partial charge >= 0.3 is 6.18 Å². The molecule has 0 atom stereocenters. The van der Waals surface area contributed by atoms with E-state index in [0.29, 0.717) is 27.6 Å². The van der Waals surface area contributed by atoms with E-state index >= 15 is 0 Å². The molecule has 0 aliphatic rings. The molecule has 3 rings (SSSR count). The van der Waals surface area contributed by atoms with Crippen LogP contribution in [0.4, 0.5) is 18.9 Å². The lowest BCUT2D eigenvalue weighted by molar-refractivity contribution is -0.141. The molecule has 0 aliphatic carbocycles. The van der Waals surface area contributed by atoms with Gasteiger partial charge in [-0.05, 0) is 43.2 Å². The number of benzene rings is 2. The fraction of sp³-hybridized carbons (Fsp3) is 0.158. The molecule has 0 radical (unpaired) electrons. The summed E-state index contributed by atoms with van der Waals surface area (Å²) in [5.41, 5.74) is 1.64. The van der Waals surface area contributed by atoms with Gasteiger partial charge in [0, 0.05) is 16.3 Å². The Morgan fingerprint density at radius 1 is 1.11 bits per heavy atom. The Labute approximate surface area is 162 Å². The Morgan fingerprint density at radius 2 is 1.81 bits per heavy atom. The maximum absolute atomic E-state index is 13.1. The lowest BCUT2D eigenvalue weighted by Crippen LogP contribution is -2.17. The maximum Gasteiger partial charge on any atom is 0.435 e. The number of hydrogen-bond donors (Lipinski definition) is 1. The number of rotatable bonds is 3. The van der Waals surface area contributed by atoms with Crippen LogP contribution in [0.15, 0.2) is 42.5 Å². The average molecular weight is 411 g/mol. The monoisotopic (exact) mass is 410 g/mol. The molecule has 0 bridgehead atoms. The average Bonchev–Trinajstić information content (AvgIpc) is 2.98. The predicted molar refractivity (Wildman–Crippen MR) is 101 cm³/mol. The second-order valence-electron chi connectivity index (χ2n) is 5.87. The van der Waals surface area contributed by atoms with E-state index in [9.17, 15) is 18.0 Å². The van der Waals surface area contributed by atoms with Gasteiger partial charge in [0.25, 0.3) is 5.91 Å². The third-order valence-corrected chi connectivity index (χ3v) is 5.07. The third-order valence-electron chi connectivity index (χ3n) is 3.86. The van der Waals surface area contributed by atoms with Crippen molar-refractivity contribution in [1.82, 2.24) is 4.98 Å². The number of nitrogens with zero attached hydrogens (tertiary/aromatic N) is 1. The number of aryl methyl sites for hydroxylation is 2. The van der Waals surface area contributed by atoms with E-state index in [-0.39, 0.29) is 5.01 Å². The van der Waals surface area contributed by atoms with E-state index < -0.39 is 22.7 Å². The number of alkyl halides is 3. The van der Waals surface area contributed by atoms with Crippen LogP contribution in [0.2, 0.25) is 5.02 Å². The summed E-state index contributed by atoms with van der Waals surface area (Å²) in [4.78, 5) is 15.6. The van der Waals surface area contributed by atoms with Crippen molar-refractivity contribution in [3.8, 4) is 11.1 Å². The smallest absolute Gasteiger partial charge is 0.321 e. The Bertz CT molecular complexity index is 1010. The van der Waals surface area contributed by atoms with E-state index in [1.807, 2.05) is 6.92 Å². The zero-order chi connectivity index (χ0) is 19.8. The number of carbonyl (C=O) groups is 1. The van der Waals surface area contributed by atoms with Gasteiger partial charge in [0.1, 0.15) is 4.88 Å². The standard InChI is InChI=1S/C19H14ClF3N2OS/c1-10-9-12(20)7-8-13(10)14-5-3-4-6-15(14)25-18(26)16-17(19(21,22)23)24-11(2)27-16/h3-9H,1-2H3,(H,25,26). The van der Waals surface area contributed by atoms with E-state index in [0.717, 1.165) is 11.1 Å². The van der Waals surface area contributed by atoms with Crippen molar-refractivity contribution in [3.63, 3.8) is 0 Å². The van der Waals surface area contributed by atoms with Crippen molar-refractivity contribution in [2.24, 2.45) is 0 Å². The molecule has 2 aromatic carbocycles. The molecule has 1 aromatic heterocycles.